The van der Waals surface area contributed by atoms with E-state index in [2.05, 4.69) is 5.32 Å². The molecule has 56 valence electrons. The van der Waals surface area contributed by atoms with Crippen LogP contribution < -0.4 is 5.32 Å². The highest BCUT2D eigenvalue weighted by Crippen LogP contribution is 1.76. The summed E-state index contributed by atoms with van der Waals surface area (Å²) < 4.78 is 0. The Hall–Kier alpha value is -1.05. The Morgan fingerprint density at radius 1 is 1.50 bits per heavy atom. The lowest BCUT2D eigenvalue weighted by Crippen LogP contribution is -2.19. The van der Waals surface area contributed by atoms with Crippen molar-refractivity contribution in [2.45, 2.75) is 13.8 Å². The van der Waals surface area contributed by atoms with Crippen molar-refractivity contribution >= 4 is 5.91 Å². The number of carbonyl (C=O) groups excluding carboxylic acids is 1. The van der Waals surface area contributed by atoms with Gasteiger partial charge in [-0.1, -0.05) is 18.2 Å². The molecule has 0 saturated carbocycles. The molecule has 0 aliphatic carbocycles. The van der Waals surface area contributed by atoms with Gasteiger partial charge in [0.2, 0.25) is 5.91 Å². The number of hydrogen-bond acceptors (Lipinski definition) is 1. The Bertz CT molecular complexity index is 147. The topological polar surface area (TPSA) is 29.1 Å². The zero-order chi connectivity index (χ0) is 7.82. The Kier molecular flexibility index (Phi) is 5.44. The molecule has 10 heavy (non-hydrogen) atoms. The summed E-state index contributed by atoms with van der Waals surface area (Å²) in [6.45, 7) is 4.47. The molecule has 0 unspecified atom stereocenters. The second-order valence-corrected chi connectivity index (χ2v) is 1.78. The third-order valence-electron chi connectivity index (χ3n) is 0.902. The van der Waals surface area contributed by atoms with Crippen LogP contribution in [0.3, 0.4) is 0 Å². The summed E-state index contributed by atoms with van der Waals surface area (Å²) in [6.07, 6.45) is 6.90. The normalized spacial score (nSPS) is 11.0. The summed E-state index contributed by atoms with van der Waals surface area (Å²) in [5.74, 6) is -0.0411. The fourth-order valence-electron chi connectivity index (χ4n) is 0.487. The lowest BCUT2D eigenvalue weighted by molar-refractivity contribution is -0.116. The van der Waals surface area contributed by atoms with Crippen LogP contribution in [0.4, 0.5) is 0 Å². The van der Waals surface area contributed by atoms with Crippen molar-refractivity contribution in [3.8, 4) is 0 Å². The van der Waals surface area contributed by atoms with Crippen molar-refractivity contribution in [3.63, 3.8) is 0 Å². The predicted octanol–water partition coefficient (Wildman–Crippen LogP) is 1.25. The minimum atomic E-state index is -0.0411. The molecule has 0 aromatic heterocycles. The van der Waals surface area contributed by atoms with Crippen LogP contribution in [0.15, 0.2) is 24.3 Å². The van der Waals surface area contributed by atoms with Gasteiger partial charge in [-0.2, -0.15) is 0 Å². The van der Waals surface area contributed by atoms with Crippen LogP contribution in [0.5, 0.6) is 0 Å². The first kappa shape index (κ1) is 8.95. The van der Waals surface area contributed by atoms with Crippen molar-refractivity contribution < 1.29 is 4.79 Å². The number of carbonyl (C=O) groups is 1. The minimum Gasteiger partial charge on any atom is -0.353 e. The molecular formula is C8H13NO. The highest BCUT2D eigenvalue weighted by atomic mass is 16.1. The molecule has 0 spiro atoms. The first-order valence-electron chi connectivity index (χ1n) is 3.38. The van der Waals surface area contributed by atoms with Crippen LogP contribution in [0, 0.1) is 0 Å². The lowest BCUT2D eigenvalue weighted by Gasteiger charge is -1.91. The largest absolute Gasteiger partial charge is 0.353 e. The summed E-state index contributed by atoms with van der Waals surface area (Å²) in [4.78, 5) is 10.7. The molecule has 0 fully saturated rings. The number of hydrogen-bond donors (Lipinski definition) is 1. The van der Waals surface area contributed by atoms with Gasteiger partial charge in [0.25, 0.3) is 0 Å². The van der Waals surface area contributed by atoms with E-state index in [1.54, 1.807) is 6.08 Å². The van der Waals surface area contributed by atoms with Crippen LogP contribution in [0.1, 0.15) is 13.8 Å². The monoisotopic (exact) mass is 139 g/mol. The van der Waals surface area contributed by atoms with E-state index in [4.69, 9.17) is 0 Å². The van der Waals surface area contributed by atoms with E-state index >= 15 is 0 Å². The Balaban J connectivity index is 3.56. The van der Waals surface area contributed by atoms with Crippen LogP contribution in [-0.2, 0) is 4.79 Å². The summed E-state index contributed by atoms with van der Waals surface area (Å²) in [5, 5.41) is 2.64. The first-order chi connectivity index (χ1) is 4.81. The number of nitrogens with one attached hydrogen (secondary N) is 1. The second kappa shape index (κ2) is 6.08. The van der Waals surface area contributed by atoms with Gasteiger partial charge in [-0.15, -0.1) is 0 Å². The van der Waals surface area contributed by atoms with Crippen molar-refractivity contribution in [1.82, 2.24) is 5.32 Å². The maximum absolute atomic E-state index is 10.7. The molecular weight excluding hydrogens is 126 g/mol. The number of likely N-dealkylation sites (N-methyl/N-ethyl adjacent to an activating group) is 1. The van der Waals surface area contributed by atoms with E-state index in [0.29, 0.717) is 6.54 Å². The second-order valence-electron chi connectivity index (χ2n) is 1.78. The molecule has 0 aromatic rings. The number of allylic oxidation sites excluding steroid dienone is 3. The summed E-state index contributed by atoms with van der Waals surface area (Å²) >= 11 is 0. The van der Waals surface area contributed by atoms with Crippen molar-refractivity contribution in [1.29, 1.82) is 0 Å². The smallest absolute Gasteiger partial charge is 0.243 e. The Morgan fingerprint density at radius 2 is 2.20 bits per heavy atom. The molecule has 0 radical (unpaired) electrons. The summed E-state index contributed by atoms with van der Waals surface area (Å²) in [7, 11) is 0. The van der Waals surface area contributed by atoms with E-state index in [0.717, 1.165) is 0 Å². The maximum Gasteiger partial charge on any atom is 0.243 e. The highest BCUT2D eigenvalue weighted by Gasteiger charge is 1.86. The van der Waals surface area contributed by atoms with Crippen molar-refractivity contribution in [3.05, 3.63) is 24.3 Å². The van der Waals surface area contributed by atoms with Gasteiger partial charge >= 0.3 is 0 Å². The van der Waals surface area contributed by atoms with E-state index in [-0.39, 0.29) is 5.91 Å². The van der Waals surface area contributed by atoms with Crippen LogP contribution >= 0.6 is 0 Å². The minimum absolute atomic E-state index is 0.0411. The molecule has 1 amide bonds. The SMILES string of the molecule is CC=CC=CC(=O)NCC. The van der Waals surface area contributed by atoms with Crippen LogP contribution in [0.2, 0.25) is 0 Å². The average Bonchev–Trinajstić information content (AvgIpc) is 1.89. The van der Waals surface area contributed by atoms with Gasteiger partial charge in [0.05, 0.1) is 0 Å². The van der Waals surface area contributed by atoms with Crippen molar-refractivity contribution in [2.24, 2.45) is 0 Å². The molecule has 0 heterocycles. The fraction of sp³-hybridized carbons (Fsp3) is 0.375. The zero-order valence-electron chi connectivity index (χ0n) is 6.42. The summed E-state index contributed by atoms with van der Waals surface area (Å²) in [6, 6.07) is 0. The lowest BCUT2D eigenvalue weighted by atomic mass is 10.4. The van der Waals surface area contributed by atoms with Crippen molar-refractivity contribution in [2.75, 3.05) is 6.54 Å². The number of amides is 1. The average molecular weight is 139 g/mol. The van der Waals surface area contributed by atoms with E-state index in [9.17, 15) is 4.79 Å². The molecule has 0 aliphatic heterocycles. The van der Waals surface area contributed by atoms with Gasteiger partial charge in [-0.3, -0.25) is 4.79 Å². The molecule has 0 aromatic carbocycles. The summed E-state index contributed by atoms with van der Waals surface area (Å²) in [5.41, 5.74) is 0. The first-order valence-corrected chi connectivity index (χ1v) is 3.38. The van der Waals surface area contributed by atoms with Gasteiger partial charge in [0, 0.05) is 12.6 Å². The third-order valence-corrected chi connectivity index (χ3v) is 0.902. The van der Waals surface area contributed by atoms with Gasteiger partial charge in [-0.05, 0) is 13.8 Å². The molecule has 0 rings (SSSR count). The standard InChI is InChI=1S/C8H13NO/c1-3-5-6-7-8(10)9-4-2/h3,5-7H,4H2,1-2H3,(H,9,10). The predicted molar refractivity (Wildman–Crippen MR) is 42.6 cm³/mol. The van der Waals surface area contributed by atoms with Gasteiger partial charge in [0.1, 0.15) is 0 Å². The van der Waals surface area contributed by atoms with Crippen LogP contribution in [0.25, 0.3) is 0 Å². The van der Waals surface area contributed by atoms with Gasteiger partial charge in [0.15, 0.2) is 0 Å². The van der Waals surface area contributed by atoms with Crippen LogP contribution in [-0.4, -0.2) is 12.5 Å². The van der Waals surface area contributed by atoms with Gasteiger partial charge in [-0.25, -0.2) is 0 Å². The van der Waals surface area contributed by atoms with E-state index < -0.39 is 0 Å². The Labute approximate surface area is 61.6 Å². The molecule has 0 saturated heterocycles. The highest BCUT2D eigenvalue weighted by molar-refractivity contribution is 5.87. The van der Waals surface area contributed by atoms with Gasteiger partial charge < -0.3 is 5.32 Å². The third kappa shape index (κ3) is 5.09. The molecule has 2 nitrogen and oxygen atoms in total. The fourth-order valence-corrected chi connectivity index (χ4v) is 0.487. The quantitative estimate of drug-likeness (QED) is 0.463. The maximum atomic E-state index is 10.7. The molecule has 0 atom stereocenters. The molecule has 2 heteroatoms. The van der Waals surface area contributed by atoms with E-state index in [1.165, 1.54) is 6.08 Å². The molecule has 0 bridgehead atoms. The van der Waals surface area contributed by atoms with E-state index in [1.807, 2.05) is 26.0 Å². The zero-order valence-corrected chi connectivity index (χ0v) is 6.42. The molecule has 0 aliphatic rings. The molecule has 1 N–H and O–H groups in total. The Morgan fingerprint density at radius 3 is 2.70 bits per heavy atom. The number of rotatable bonds is 3.